The second-order valence-electron chi connectivity index (χ2n) is 5.59. The lowest BCUT2D eigenvalue weighted by Crippen LogP contribution is -2.41. The number of aromatic nitrogens is 2. The van der Waals surface area contributed by atoms with Gasteiger partial charge in [0.25, 0.3) is 5.91 Å². The molecule has 0 spiro atoms. The average Bonchev–Trinajstić information content (AvgIpc) is 2.96. The molecule has 0 radical (unpaired) electrons. The van der Waals surface area contributed by atoms with Gasteiger partial charge in [-0.05, 0) is 30.5 Å². The maximum absolute atomic E-state index is 13.7. The van der Waals surface area contributed by atoms with Crippen LogP contribution in [0.15, 0.2) is 36.5 Å². The number of hydrogen-bond acceptors (Lipinski definition) is 3. The number of carboxylic acids is 1. The van der Waals surface area contributed by atoms with Crippen LogP contribution in [0.2, 0.25) is 0 Å². The Morgan fingerprint density at radius 1 is 1.30 bits per heavy atom. The molecule has 1 heterocycles. The van der Waals surface area contributed by atoms with E-state index in [0.717, 1.165) is 0 Å². The van der Waals surface area contributed by atoms with Crippen molar-refractivity contribution >= 4 is 11.9 Å². The number of carbonyl (C=O) groups is 2. The quantitative estimate of drug-likeness (QED) is 0.855. The second kappa shape index (κ2) is 7.04. The van der Waals surface area contributed by atoms with Gasteiger partial charge in [0, 0.05) is 6.20 Å². The van der Waals surface area contributed by atoms with Gasteiger partial charge in [0.05, 0.1) is 0 Å². The van der Waals surface area contributed by atoms with Crippen LogP contribution in [0.1, 0.15) is 30.8 Å². The van der Waals surface area contributed by atoms with Crippen molar-refractivity contribution in [2.24, 2.45) is 5.92 Å². The molecule has 2 N–H and O–H groups in total. The Morgan fingerprint density at radius 2 is 2.00 bits per heavy atom. The molecule has 23 heavy (non-hydrogen) atoms. The number of rotatable bonds is 6. The first-order chi connectivity index (χ1) is 10.9. The van der Waals surface area contributed by atoms with E-state index in [2.05, 4.69) is 10.4 Å². The lowest BCUT2D eigenvalue weighted by molar-refractivity contribution is -0.139. The molecule has 7 heteroatoms. The van der Waals surface area contributed by atoms with E-state index in [9.17, 15) is 14.0 Å². The number of amides is 1. The molecular formula is C16H18FN3O3. The molecule has 2 rings (SSSR count). The Bertz CT molecular complexity index is 712. The topological polar surface area (TPSA) is 84.2 Å². The third-order valence-corrected chi connectivity index (χ3v) is 3.23. The van der Waals surface area contributed by atoms with E-state index >= 15 is 0 Å². The maximum atomic E-state index is 13.7. The fourth-order valence-corrected chi connectivity index (χ4v) is 2.14. The molecule has 122 valence electrons. The van der Waals surface area contributed by atoms with E-state index in [1.165, 1.54) is 29.1 Å². The lowest BCUT2D eigenvalue weighted by atomic mass is 10.0. The number of halogens is 1. The molecule has 2 aromatic rings. The lowest BCUT2D eigenvalue weighted by Gasteiger charge is -2.15. The molecule has 1 unspecified atom stereocenters. The zero-order valence-corrected chi connectivity index (χ0v) is 12.9. The summed E-state index contributed by atoms with van der Waals surface area (Å²) in [6.07, 6.45) is 1.76. The first-order valence-electron chi connectivity index (χ1n) is 7.22. The van der Waals surface area contributed by atoms with Gasteiger partial charge in [-0.1, -0.05) is 26.0 Å². The first-order valence-corrected chi connectivity index (χ1v) is 7.22. The monoisotopic (exact) mass is 319 g/mol. The SMILES string of the molecule is CC(C)CC(NC(=O)c1ccn(-c2ccccc2F)n1)C(=O)O. The average molecular weight is 319 g/mol. The second-order valence-corrected chi connectivity index (χ2v) is 5.59. The van der Waals surface area contributed by atoms with Gasteiger partial charge in [-0.3, -0.25) is 4.79 Å². The van der Waals surface area contributed by atoms with Crippen molar-refractivity contribution < 1.29 is 19.1 Å². The van der Waals surface area contributed by atoms with Gasteiger partial charge in [0.15, 0.2) is 5.69 Å². The summed E-state index contributed by atoms with van der Waals surface area (Å²) >= 11 is 0. The summed E-state index contributed by atoms with van der Waals surface area (Å²) < 4.78 is 14.9. The number of carbonyl (C=O) groups excluding carboxylic acids is 1. The van der Waals surface area contributed by atoms with Crippen LogP contribution in [0.5, 0.6) is 0 Å². The minimum Gasteiger partial charge on any atom is -0.480 e. The standard InChI is InChI=1S/C16H18FN3O3/c1-10(2)9-13(16(22)23)18-15(21)12-7-8-20(19-12)14-6-4-3-5-11(14)17/h3-8,10,13H,9H2,1-2H3,(H,18,21)(H,22,23). The summed E-state index contributed by atoms with van der Waals surface area (Å²) in [4.78, 5) is 23.3. The fourth-order valence-electron chi connectivity index (χ4n) is 2.14. The summed E-state index contributed by atoms with van der Waals surface area (Å²) in [5, 5.41) is 15.6. The van der Waals surface area contributed by atoms with Gasteiger partial charge < -0.3 is 10.4 Å². The summed E-state index contributed by atoms with van der Waals surface area (Å²) in [6.45, 7) is 3.74. The van der Waals surface area contributed by atoms with Crippen LogP contribution in [-0.4, -0.2) is 32.8 Å². The van der Waals surface area contributed by atoms with Crippen LogP contribution in [0.3, 0.4) is 0 Å². The van der Waals surface area contributed by atoms with Crippen molar-refractivity contribution in [1.82, 2.24) is 15.1 Å². The van der Waals surface area contributed by atoms with Gasteiger partial charge >= 0.3 is 5.97 Å². The molecule has 0 aliphatic carbocycles. The number of aliphatic carboxylic acids is 1. The number of carboxylic acid groups (broad SMARTS) is 1. The molecule has 0 bridgehead atoms. The van der Waals surface area contributed by atoms with Gasteiger partial charge in [-0.25, -0.2) is 13.9 Å². The summed E-state index contributed by atoms with van der Waals surface area (Å²) in [5.41, 5.74) is 0.242. The van der Waals surface area contributed by atoms with Gasteiger partial charge in [0.2, 0.25) is 0 Å². The molecule has 1 amide bonds. The van der Waals surface area contributed by atoms with E-state index in [-0.39, 0.29) is 17.3 Å². The highest BCUT2D eigenvalue weighted by atomic mass is 19.1. The molecular weight excluding hydrogens is 301 g/mol. The van der Waals surface area contributed by atoms with E-state index in [1.54, 1.807) is 12.1 Å². The van der Waals surface area contributed by atoms with Crippen molar-refractivity contribution in [1.29, 1.82) is 0 Å². The number of nitrogens with one attached hydrogen (secondary N) is 1. The highest BCUT2D eigenvalue weighted by Gasteiger charge is 2.23. The predicted octanol–water partition coefficient (Wildman–Crippen LogP) is 2.24. The molecule has 6 nitrogen and oxygen atoms in total. The molecule has 1 aromatic carbocycles. The highest BCUT2D eigenvalue weighted by Crippen LogP contribution is 2.12. The fraction of sp³-hybridized carbons (Fsp3) is 0.312. The van der Waals surface area contributed by atoms with Crippen LogP contribution in [0.25, 0.3) is 5.69 Å². The van der Waals surface area contributed by atoms with E-state index in [0.29, 0.717) is 6.42 Å². The van der Waals surface area contributed by atoms with Crippen molar-refractivity contribution in [2.45, 2.75) is 26.3 Å². The van der Waals surface area contributed by atoms with Crippen LogP contribution >= 0.6 is 0 Å². The number of benzene rings is 1. The maximum Gasteiger partial charge on any atom is 0.326 e. The zero-order chi connectivity index (χ0) is 17.0. The summed E-state index contributed by atoms with van der Waals surface area (Å²) in [5.74, 6) is -2.05. The molecule has 0 aliphatic heterocycles. The summed E-state index contributed by atoms with van der Waals surface area (Å²) in [6, 6.07) is 6.46. The normalized spacial score (nSPS) is 12.2. The van der Waals surface area contributed by atoms with Crippen molar-refractivity contribution in [2.75, 3.05) is 0 Å². The predicted molar refractivity (Wildman–Crippen MR) is 81.9 cm³/mol. The van der Waals surface area contributed by atoms with Crippen LogP contribution in [-0.2, 0) is 4.79 Å². The van der Waals surface area contributed by atoms with Crippen LogP contribution in [0, 0.1) is 11.7 Å². The largest absolute Gasteiger partial charge is 0.480 e. The van der Waals surface area contributed by atoms with E-state index in [1.807, 2.05) is 13.8 Å². The zero-order valence-electron chi connectivity index (χ0n) is 12.9. The molecule has 1 atom stereocenters. The molecule has 0 fully saturated rings. The van der Waals surface area contributed by atoms with E-state index in [4.69, 9.17) is 5.11 Å². The number of hydrogen-bond donors (Lipinski definition) is 2. The summed E-state index contributed by atoms with van der Waals surface area (Å²) in [7, 11) is 0. The molecule has 0 aliphatic rings. The Kier molecular flexibility index (Phi) is 5.10. The van der Waals surface area contributed by atoms with Gasteiger partial charge in [-0.2, -0.15) is 5.10 Å². The Labute approximate surface area is 132 Å². The van der Waals surface area contributed by atoms with Gasteiger partial charge in [-0.15, -0.1) is 0 Å². The number of nitrogens with zero attached hydrogens (tertiary/aromatic N) is 2. The highest BCUT2D eigenvalue weighted by molar-refractivity contribution is 5.94. The van der Waals surface area contributed by atoms with Crippen LogP contribution in [0.4, 0.5) is 4.39 Å². The minimum atomic E-state index is -1.10. The minimum absolute atomic E-state index is 0.0308. The van der Waals surface area contributed by atoms with E-state index < -0.39 is 23.7 Å². The third-order valence-electron chi connectivity index (χ3n) is 3.23. The first kappa shape index (κ1) is 16.7. The third kappa shape index (κ3) is 4.15. The Hall–Kier alpha value is -2.70. The van der Waals surface area contributed by atoms with Crippen LogP contribution < -0.4 is 5.32 Å². The van der Waals surface area contributed by atoms with Crippen molar-refractivity contribution in [3.8, 4) is 5.69 Å². The number of para-hydroxylation sites is 1. The van der Waals surface area contributed by atoms with Crippen molar-refractivity contribution in [3.63, 3.8) is 0 Å². The smallest absolute Gasteiger partial charge is 0.326 e. The van der Waals surface area contributed by atoms with Gasteiger partial charge in [0.1, 0.15) is 17.5 Å². The molecule has 0 saturated carbocycles. The molecule has 1 aromatic heterocycles. The molecule has 0 saturated heterocycles. The Balaban J connectivity index is 2.15. The Morgan fingerprint density at radius 3 is 2.61 bits per heavy atom. The van der Waals surface area contributed by atoms with Crippen molar-refractivity contribution in [3.05, 3.63) is 48.0 Å².